The molecule has 0 aliphatic heterocycles. The lowest BCUT2D eigenvalue weighted by atomic mass is 9.70. The predicted molar refractivity (Wildman–Crippen MR) is 205 cm³/mol. The Morgan fingerprint density at radius 2 is 0.894 bits per heavy atom. The van der Waals surface area contributed by atoms with Gasteiger partial charge in [-0.3, -0.25) is 0 Å². The van der Waals surface area contributed by atoms with Crippen LogP contribution in [0.25, 0.3) is 43.1 Å². The second-order valence-electron chi connectivity index (χ2n) is 13.6. The van der Waals surface area contributed by atoms with Gasteiger partial charge in [-0.05, 0) is 127 Å². The number of unbranched alkanes of at least 4 members (excludes halogenated alkanes) is 6. The van der Waals surface area contributed by atoms with Gasteiger partial charge in [-0.15, -0.1) is 22.7 Å². The average Bonchev–Trinajstić information content (AvgIpc) is 3.90. The number of benzene rings is 4. The topological polar surface area (TPSA) is 0 Å². The van der Waals surface area contributed by atoms with E-state index in [0.29, 0.717) is 0 Å². The third-order valence-electron chi connectivity index (χ3n) is 10.6. The molecule has 0 nitrogen and oxygen atoms in total. The van der Waals surface area contributed by atoms with Crippen LogP contribution in [-0.4, -0.2) is 0 Å². The van der Waals surface area contributed by atoms with Gasteiger partial charge in [0.15, 0.2) is 0 Å². The second kappa shape index (κ2) is 13.1. The number of hydrogen-bond acceptors (Lipinski definition) is 2. The average molecular weight is 649 g/mol. The van der Waals surface area contributed by atoms with E-state index in [1.54, 1.807) is 0 Å². The number of thiophene rings is 2. The number of rotatable bonds is 12. The summed E-state index contributed by atoms with van der Waals surface area (Å²) in [4.78, 5) is 2.77. The summed E-state index contributed by atoms with van der Waals surface area (Å²) in [5.41, 5.74) is 16.5. The zero-order chi connectivity index (χ0) is 31.8. The summed E-state index contributed by atoms with van der Waals surface area (Å²) in [5, 5.41) is 4.79. The van der Waals surface area contributed by atoms with Gasteiger partial charge in [-0.25, -0.2) is 0 Å². The Bertz CT molecular complexity index is 1890. The molecule has 0 fully saturated rings. The Labute approximate surface area is 289 Å². The van der Waals surface area contributed by atoms with Crippen molar-refractivity contribution in [3.8, 4) is 43.1 Å². The Morgan fingerprint density at radius 1 is 0.447 bits per heavy atom. The van der Waals surface area contributed by atoms with Gasteiger partial charge < -0.3 is 0 Å². The Hall–Kier alpha value is -3.72. The first-order valence-corrected chi connectivity index (χ1v) is 19.6. The Kier molecular flexibility index (Phi) is 8.50. The van der Waals surface area contributed by atoms with Crippen LogP contribution >= 0.6 is 22.7 Å². The summed E-state index contributed by atoms with van der Waals surface area (Å²) in [6.45, 7) is 4.58. The smallest absolute Gasteiger partial charge is 0.0725 e. The molecular weight excluding hydrogens is 605 g/mol. The number of aryl methyl sites for hydroxylation is 2. The molecule has 2 aromatic heterocycles. The van der Waals surface area contributed by atoms with Crippen molar-refractivity contribution in [3.05, 3.63) is 141 Å². The second-order valence-corrected chi connectivity index (χ2v) is 15.4. The van der Waals surface area contributed by atoms with Gasteiger partial charge in [0.05, 0.1) is 5.41 Å². The fourth-order valence-electron chi connectivity index (χ4n) is 8.27. The van der Waals surface area contributed by atoms with Crippen LogP contribution in [0, 0.1) is 0 Å². The monoisotopic (exact) mass is 648 g/mol. The van der Waals surface area contributed by atoms with Crippen LogP contribution in [0.2, 0.25) is 0 Å². The van der Waals surface area contributed by atoms with Gasteiger partial charge >= 0.3 is 0 Å². The first-order chi connectivity index (χ1) is 23.2. The van der Waals surface area contributed by atoms with Crippen LogP contribution in [0.1, 0.15) is 98.6 Å². The Balaban J connectivity index is 1.25. The fraction of sp³-hybridized carbons (Fsp3) is 0.289. The van der Waals surface area contributed by atoms with E-state index in [4.69, 9.17) is 0 Å². The quantitative estimate of drug-likeness (QED) is 0.116. The molecule has 0 bridgehead atoms. The van der Waals surface area contributed by atoms with Crippen molar-refractivity contribution in [2.75, 3.05) is 0 Å². The fourth-order valence-corrected chi connectivity index (χ4v) is 10.2. The van der Waals surface area contributed by atoms with Crippen molar-refractivity contribution in [1.82, 2.24) is 0 Å². The molecule has 0 unspecified atom stereocenters. The van der Waals surface area contributed by atoms with Crippen molar-refractivity contribution in [2.45, 2.75) is 83.5 Å². The van der Waals surface area contributed by atoms with Crippen molar-refractivity contribution in [1.29, 1.82) is 0 Å². The zero-order valence-corrected chi connectivity index (χ0v) is 29.4. The highest BCUT2D eigenvalue weighted by Crippen LogP contribution is 2.63. The van der Waals surface area contributed by atoms with Crippen LogP contribution in [0.3, 0.4) is 0 Å². The summed E-state index contributed by atoms with van der Waals surface area (Å²) in [6.07, 6.45) is 12.8. The highest BCUT2D eigenvalue weighted by atomic mass is 32.1. The molecule has 6 aromatic rings. The lowest BCUT2D eigenvalue weighted by Crippen LogP contribution is -2.26. The number of fused-ring (bicyclic) bond motifs is 10. The van der Waals surface area contributed by atoms with E-state index in [0.717, 1.165) is 0 Å². The largest absolute Gasteiger partial charge is 0.144 e. The zero-order valence-electron chi connectivity index (χ0n) is 27.8. The third-order valence-corrected chi connectivity index (χ3v) is 12.7. The SMILES string of the molecule is CCCCCCc1csc(-c2ccc3c(c2)C2(c4ccccc4-c4ccccc42)c2cc(-c4cc(CCCCCC)cs4)ccc2-3)c1. The molecule has 4 aromatic carbocycles. The standard InChI is InChI=1S/C45H44S2/c1-3-5-7-9-15-31-25-43(46-29-31)33-21-23-37-38-24-22-34(44-26-32(30-47-44)16-10-8-6-4-2)28-42(38)45(41(37)27-33)39-19-13-11-17-35(39)36-18-12-14-20-40(36)45/h11-14,17-30H,3-10,15-16H2,1-2H3. The van der Waals surface area contributed by atoms with Crippen molar-refractivity contribution < 1.29 is 0 Å². The molecule has 2 aliphatic carbocycles. The molecule has 8 rings (SSSR count). The molecule has 0 amide bonds. The minimum absolute atomic E-state index is 0.329. The van der Waals surface area contributed by atoms with Crippen LogP contribution in [0.4, 0.5) is 0 Å². The van der Waals surface area contributed by atoms with Gasteiger partial charge in [-0.2, -0.15) is 0 Å². The van der Waals surface area contributed by atoms with E-state index >= 15 is 0 Å². The lowest BCUT2D eigenvalue weighted by Gasteiger charge is -2.31. The molecule has 0 saturated carbocycles. The van der Waals surface area contributed by atoms with E-state index in [2.05, 4.69) is 122 Å². The predicted octanol–water partition coefficient (Wildman–Crippen LogP) is 13.7. The lowest BCUT2D eigenvalue weighted by molar-refractivity contribution is 0.667. The molecule has 0 atom stereocenters. The molecule has 2 aliphatic rings. The summed E-state index contributed by atoms with van der Waals surface area (Å²) >= 11 is 3.82. The molecule has 0 N–H and O–H groups in total. The summed E-state index contributed by atoms with van der Waals surface area (Å²) in [6, 6.07) is 37.9. The van der Waals surface area contributed by atoms with Gasteiger partial charge in [0, 0.05) is 9.75 Å². The van der Waals surface area contributed by atoms with Crippen molar-refractivity contribution in [3.63, 3.8) is 0 Å². The highest BCUT2D eigenvalue weighted by Gasteiger charge is 2.51. The molecular formula is C45H44S2. The van der Waals surface area contributed by atoms with Gasteiger partial charge in [0.25, 0.3) is 0 Å². The molecule has 0 radical (unpaired) electrons. The van der Waals surface area contributed by atoms with Crippen LogP contribution in [0.5, 0.6) is 0 Å². The normalized spacial score (nSPS) is 13.5. The summed E-state index contributed by atoms with van der Waals surface area (Å²) in [7, 11) is 0. The maximum absolute atomic E-state index is 2.54. The van der Waals surface area contributed by atoms with Crippen molar-refractivity contribution in [2.24, 2.45) is 0 Å². The molecule has 1 spiro atoms. The summed E-state index contributed by atoms with van der Waals surface area (Å²) < 4.78 is 0. The van der Waals surface area contributed by atoms with Crippen LogP contribution in [0.15, 0.2) is 108 Å². The van der Waals surface area contributed by atoms with E-state index in [1.165, 1.54) is 141 Å². The van der Waals surface area contributed by atoms with Crippen LogP contribution < -0.4 is 0 Å². The summed E-state index contributed by atoms with van der Waals surface area (Å²) in [5.74, 6) is 0. The molecule has 2 heteroatoms. The highest BCUT2D eigenvalue weighted by molar-refractivity contribution is 7.14. The van der Waals surface area contributed by atoms with Crippen LogP contribution in [-0.2, 0) is 18.3 Å². The molecule has 2 heterocycles. The third kappa shape index (κ3) is 5.25. The van der Waals surface area contributed by atoms with Crippen molar-refractivity contribution >= 4 is 22.7 Å². The first kappa shape index (κ1) is 30.6. The van der Waals surface area contributed by atoms with Gasteiger partial charge in [-0.1, -0.05) is 125 Å². The first-order valence-electron chi connectivity index (χ1n) is 17.9. The minimum Gasteiger partial charge on any atom is -0.144 e. The Morgan fingerprint density at radius 3 is 1.36 bits per heavy atom. The maximum atomic E-state index is 2.54. The van der Waals surface area contributed by atoms with Gasteiger partial charge in [0.1, 0.15) is 0 Å². The van der Waals surface area contributed by atoms with E-state index in [1.807, 2.05) is 22.7 Å². The van der Waals surface area contributed by atoms with E-state index < -0.39 is 0 Å². The molecule has 47 heavy (non-hydrogen) atoms. The van der Waals surface area contributed by atoms with E-state index in [-0.39, 0.29) is 5.41 Å². The van der Waals surface area contributed by atoms with Gasteiger partial charge in [0.2, 0.25) is 0 Å². The molecule has 0 saturated heterocycles. The maximum Gasteiger partial charge on any atom is 0.0725 e. The number of hydrogen-bond donors (Lipinski definition) is 0. The molecule has 236 valence electrons. The minimum atomic E-state index is -0.329. The van der Waals surface area contributed by atoms with E-state index in [9.17, 15) is 0 Å².